The molecule has 0 atom stereocenters. The van der Waals surface area contributed by atoms with Gasteiger partial charge in [-0.1, -0.05) is 24.3 Å². The van der Waals surface area contributed by atoms with Crippen LogP contribution in [-0.2, 0) is 17.8 Å². The molecule has 2 N–H and O–H groups in total. The van der Waals surface area contributed by atoms with Crippen LogP contribution >= 0.6 is 11.3 Å². The van der Waals surface area contributed by atoms with Gasteiger partial charge in [0.05, 0.1) is 40.1 Å². The van der Waals surface area contributed by atoms with E-state index in [9.17, 15) is 9.90 Å². The summed E-state index contributed by atoms with van der Waals surface area (Å²) in [5.74, 6) is 0.527. The first-order valence-electron chi connectivity index (χ1n) is 10.5. The topological polar surface area (TPSA) is 92.9 Å². The molecule has 0 saturated carbocycles. The molecule has 0 unspecified atom stereocenters. The van der Waals surface area contributed by atoms with Crippen molar-refractivity contribution in [1.29, 1.82) is 0 Å². The lowest BCUT2D eigenvalue weighted by Crippen LogP contribution is -2.15. The molecule has 1 amide bonds. The van der Waals surface area contributed by atoms with Gasteiger partial charge < -0.3 is 10.4 Å². The summed E-state index contributed by atoms with van der Waals surface area (Å²) in [6.07, 6.45) is 0.121. The Bertz CT molecular complexity index is 1440. The largest absolute Gasteiger partial charge is 0.392 e. The van der Waals surface area contributed by atoms with E-state index in [1.165, 1.54) is 0 Å². The zero-order valence-corrected chi connectivity index (χ0v) is 18.7. The number of rotatable bonds is 6. The SMILES string of the molecule is Cc1cccc(-n2nc(CC(=O)Nc3ccc(CO)cc3)cc2-c2ccc3ncsc3c2)n1. The Morgan fingerprint density at radius 3 is 2.73 bits per heavy atom. The second-order valence-electron chi connectivity index (χ2n) is 7.68. The number of nitrogens with one attached hydrogen (secondary N) is 1. The van der Waals surface area contributed by atoms with Gasteiger partial charge in [-0.25, -0.2) is 14.6 Å². The first-order chi connectivity index (χ1) is 16.1. The third-order valence-corrected chi connectivity index (χ3v) is 6.03. The van der Waals surface area contributed by atoms with Crippen molar-refractivity contribution in [3.63, 3.8) is 0 Å². The van der Waals surface area contributed by atoms with Crippen molar-refractivity contribution in [2.24, 2.45) is 0 Å². The highest BCUT2D eigenvalue weighted by molar-refractivity contribution is 7.16. The number of hydrogen-bond acceptors (Lipinski definition) is 6. The number of carbonyl (C=O) groups excluding carboxylic acids is 1. The number of pyridine rings is 1. The number of aliphatic hydroxyl groups is 1. The summed E-state index contributed by atoms with van der Waals surface area (Å²) in [5, 5.41) is 16.8. The third kappa shape index (κ3) is 4.52. The molecule has 8 heteroatoms. The van der Waals surface area contributed by atoms with Crippen molar-refractivity contribution < 1.29 is 9.90 Å². The van der Waals surface area contributed by atoms with Crippen molar-refractivity contribution >= 4 is 33.1 Å². The van der Waals surface area contributed by atoms with Crippen LogP contribution in [0.15, 0.2) is 72.2 Å². The van der Waals surface area contributed by atoms with Gasteiger partial charge in [-0.3, -0.25) is 4.79 Å². The van der Waals surface area contributed by atoms with Crippen molar-refractivity contribution in [1.82, 2.24) is 19.7 Å². The van der Waals surface area contributed by atoms with Crippen LogP contribution in [0.25, 0.3) is 27.3 Å². The van der Waals surface area contributed by atoms with Crippen LogP contribution < -0.4 is 5.32 Å². The fourth-order valence-electron chi connectivity index (χ4n) is 3.62. The number of aromatic nitrogens is 4. The number of fused-ring (bicyclic) bond motifs is 1. The number of aliphatic hydroxyl groups excluding tert-OH is 1. The van der Waals surface area contributed by atoms with E-state index in [1.807, 2.05) is 48.8 Å². The van der Waals surface area contributed by atoms with Crippen molar-refractivity contribution in [3.8, 4) is 17.1 Å². The van der Waals surface area contributed by atoms with E-state index in [1.54, 1.807) is 40.3 Å². The maximum Gasteiger partial charge on any atom is 0.230 e. The van der Waals surface area contributed by atoms with Crippen molar-refractivity contribution in [2.75, 3.05) is 5.32 Å². The number of amides is 1. The highest BCUT2D eigenvalue weighted by Crippen LogP contribution is 2.28. The fourth-order valence-corrected chi connectivity index (χ4v) is 4.34. The van der Waals surface area contributed by atoms with Crippen molar-refractivity contribution in [2.45, 2.75) is 20.0 Å². The molecule has 0 aliphatic heterocycles. The summed E-state index contributed by atoms with van der Waals surface area (Å²) in [6.45, 7) is 1.90. The quantitative estimate of drug-likeness (QED) is 0.393. The summed E-state index contributed by atoms with van der Waals surface area (Å²) in [6, 6.07) is 20.9. The summed E-state index contributed by atoms with van der Waals surface area (Å²) in [5.41, 5.74) is 7.62. The zero-order chi connectivity index (χ0) is 22.8. The molecule has 2 aromatic carbocycles. The predicted octanol–water partition coefficient (Wildman–Crippen LogP) is 4.53. The smallest absolute Gasteiger partial charge is 0.230 e. The van der Waals surface area contributed by atoms with Gasteiger partial charge in [-0.2, -0.15) is 5.10 Å². The molecular weight excluding hydrogens is 434 g/mol. The van der Waals surface area contributed by atoms with Gasteiger partial charge in [-0.05, 0) is 55.0 Å². The lowest BCUT2D eigenvalue weighted by molar-refractivity contribution is -0.115. The molecule has 3 heterocycles. The molecule has 0 fully saturated rings. The molecule has 0 aliphatic carbocycles. The Morgan fingerprint density at radius 2 is 1.94 bits per heavy atom. The van der Waals surface area contributed by atoms with E-state index in [2.05, 4.69) is 21.4 Å². The minimum absolute atomic E-state index is 0.0330. The van der Waals surface area contributed by atoms with Gasteiger partial charge in [0.25, 0.3) is 0 Å². The fraction of sp³-hybridized carbons (Fsp3) is 0.120. The van der Waals surface area contributed by atoms with Crippen LogP contribution in [-0.4, -0.2) is 30.8 Å². The van der Waals surface area contributed by atoms with Gasteiger partial charge in [0.1, 0.15) is 0 Å². The molecule has 0 aliphatic rings. The highest BCUT2D eigenvalue weighted by Gasteiger charge is 2.16. The molecule has 164 valence electrons. The molecule has 0 spiro atoms. The lowest BCUT2D eigenvalue weighted by atomic mass is 10.1. The number of nitrogens with zero attached hydrogens (tertiary/aromatic N) is 4. The number of aryl methyl sites for hydroxylation is 1. The number of anilines is 1. The van der Waals surface area contributed by atoms with E-state index in [-0.39, 0.29) is 18.9 Å². The highest BCUT2D eigenvalue weighted by atomic mass is 32.1. The molecule has 33 heavy (non-hydrogen) atoms. The number of benzene rings is 2. The van der Waals surface area contributed by atoms with E-state index in [0.29, 0.717) is 17.2 Å². The van der Waals surface area contributed by atoms with E-state index >= 15 is 0 Å². The Hall–Kier alpha value is -3.88. The molecule has 3 aromatic heterocycles. The maximum atomic E-state index is 12.7. The van der Waals surface area contributed by atoms with Gasteiger partial charge in [0.15, 0.2) is 5.82 Å². The molecule has 0 saturated heterocycles. The summed E-state index contributed by atoms with van der Waals surface area (Å²) < 4.78 is 2.87. The zero-order valence-electron chi connectivity index (χ0n) is 17.9. The van der Waals surface area contributed by atoms with Crippen LogP contribution in [0.2, 0.25) is 0 Å². The summed E-state index contributed by atoms with van der Waals surface area (Å²) >= 11 is 1.59. The van der Waals surface area contributed by atoms with Crippen molar-refractivity contribution in [3.05, 3.63) is 89.2 Å². The Kier molecular flexibility index (Phi) is 5.68. The van der Waals surface area contributed by atoms with E-state index in [4.69, 9.17) is 5.10 Å². The average Bonchev–Trinajstić information content (AvgIpc) is 3.46. The Morgan fingerprint density at radius 1 is 1.09 bits per heavy atom. The number of hydrogen-bond donors (Lipinski definition) is 2. The van der Waals surface area contributed by atoms with E-state index < -0.39 is 0 Å². The Labute approximate surface area is 194 Å². The van der Waals surface area contributed by atoms with Gasteiger partial charge in [0.2, 0.25) is 5.91 Å². The van der Waals surface area contributed by atoms with Crippen LogP contribution in [0.4, 0.5) is 5.69 Å². The predicted molar refractivity (Wildman–Crippen MR) is 129 cm³/mol. The number of carbonyl (C=O) groups is 1. The first kappa shape index (κ1) is 21.0. The standard InChI is InChI=1S/C25H21N5O2S/c1-16-3-2-4-24(27-16)30-22(18-7-10-21-23(11-18)33-15-26-21)12-20(29-30)13-25(32)28-19-8-5-17(14-31)6-9-19/h2-12,15,31H,13-14H2,1H3,(H,28,32). The van der Waals surface area contributed by atoms with Crippen LogP contribution in [0.3, 0.4) is 0 Å². The van der Waals surface area contributed by atoms with E-state index in [0.717, 1.165) is 32.7 Å². The second kappa shape index (κ2) is 8.93. The monoisotopic (exact) mass is 455 g/mol. The Balaban J connectivity index is 1.47. The molecule has 7 nitrogen and oxygen atoms in total. The molecular formula is C25H21N5O2S. The first-order valence-corrected chi connectivity index (χ1v) is 11.3. The molecule has 5 aromatic rings. The molecule has 0 bridgehead atoms. The minimum atomic E-state index is -0.168. The van der Waals surface area contributed by atoms with Crippen LogP contribution in [0.5, 0.6) is 0 Å². The molecule has 0 radical (unpaired) electrons. The lowest BCUT2D eigenvalue weighted by Gasteiger charge is -2.07. The molecule has 5 rings (SSSR count). The minimum Gasteiger partial charge on any atom is -0.392 e. The second-order valence-corrected chi connectivity index (χ2v) is 8.57. The van der Waals surface area contributed by atoms with Gasteiger partial charge >= 0.3 is 0 Å². The van der Waals surface area contributed by atoms with Crippen LogP contribution in [0.1, 0.15) is 17.0 Å². The van der Waals surface area contributed by atoms with Gasteiger partial charge in [0, 0.05) is 16.9 Å². The number of thiazole rings is 1. The van der Waals surface area contributed by atoms with Gasteiger partial charge in [-0.15, -0.1) is 11.3 Å². The normalized spacial score (nSPS) is 11.1. The maximum absolute atomic E-state index is 12.7. The third-order valence-electron chi connectivity index (χ3n) is 5.24. The summed E-state index contributed by atoms with van der Waals surface area (Å²) in [7, 11) is 0. The average molecular weight is 456 g/mol. The summed E-state index contributed by atoms with van der Waals surface area (Å²) in [4.78, 5) is 21.7. The van der Waals surface area contributed by atoms with Crippen LogP contribution in [0, 0.1) is 6.92 Å².